The molecule has 0 spiro atoms. The van der Waals surface area contributed by atoms with Crippen molar-refractivity contribution in [3.05, 3.63) is 248 Å². The molecule has 16 aromatic rings. The maximum absolute atomic E-state index is 9.38. The number of nitrogens with zero attached hydrogens (tertiary/aromatic N) is 4. The Kier molecular flexibility index (Phi) is 12.1. The maximum Gasteiger partial charge on any atom is 0.488 e. The SMILES string of the molecule is Clc1cnc2c3ccccc3c3ccccc3c2n1.OB(O)c1cccc(-c2cccc3c2sc2ccccc23)c1.c1cc(-c2cnc3c4ccccc4c4ccccc4c3n2)cc(-c2cccc3c2sc2ccccc23)c1. The second kappa shape index (κ2) is 19.9. The van der Waals surface area contributed by atoms with E-state index in [2.05, 4.69) is 192 Å². The predicted molar refractivity (Wildman–Crippen MR) is 332 cm³/mol. The molecule has 2 N–H and O–H groups in total. The van der Waals surface area contributed by atoms with Crippen molar-refractivity contribution in [1.29, 1.82) is 0 Å². The standard InChI is InChI=1S/C34H20N2S.C18H13BO2S.C16H9ClN2/c1-3-14-27-24(11-1)25-12-2-4-15-28(25)33-32(27)35-20-30(36-33)22-10-7-9-21(19-22)23-16-8-17-29-26-13-5-6-18-31(26)37-34(23)29;20-19(21)13-6-3-5-12(11-13)14-8-4-9-16-15-7-1-2-10-17(15)22-18(14)16;17-14-9-18-15-12-7-3-1-5-10(12)11-6-2-4-8-13(11)16(15)19-14/h1-20H;1-11,20-21H;1-9H. The Morgan fingerprint density at radius 2 is 0.718 bits per heavy atom. The number of benzene rings is 12. The zero-order valence-corrected chi connectivity index (χ0v) is 43.9. The van der Waals surface area contributed by atoms with Gasteiger partial charge in [-0.25, -0.2) is 9.97 Å². The summed E-state index contributed by atoms with van der Waals surface area (Å²) in [4.78, 5) is 19.1. The molecule has 0 unspecified atom stereocenters. The van der Waals surface area contributed by atoms with Crippen molar-refractivity contribution in [3.63, 3.8) is 0 Å². The first-order valence-electron chi connectivity index (χ1n) is 25.6. The van der Waals surface area contributed by atoms with Gasteiger partial charge in [0, 0.05) is 67.5 Å². The molecule has 16 rings (SSSR count). The molecule has 0 aliphatic rings. The maximum atomic E-state index is 9.38. The van der Waals surface area contributed by atoms with Crippen molar-refractivity contribution >= 4 is 152 Å². The summed E-state index contributed by atoms with van der Waals surface area (Å²) in [5.41, 5.74) is 10.7. The largest absolute Gasteiger partial charge is 0.488 e. The summed E-state index contributed by atoms with van der Waals surface area (Å²) in [7, 11) is -1.44. The van der Waals surface area contributed by atoms with Gasteiger partial charge in [-0.2, -0.15) is 0 Å². The number of rotatable bonds is 4. The summed E-state index contributed by atoms with van der Waals surface area (Å²) in [6.07, 6.45) is 3.52. The third-order valence-electron chi connectivity index (χ3n) is 14.6. The Balaban J connectivity index is 0.000000115. The minimum Gasteiger partial charge on any atom is -0.423 e. The van der Waals surface area contributed by atoms with Crippen LogP contribution in [-0.2, 0) is 0 Å². The number of hydrogen-bond donors (Lipinski definition) is 2. The Morgan fingerprint density at radius 1 is 0.333 bits per heavy atom. The van der Waals surface area contributed by atoms with Gasteiger partial charge < -0.3 is 10.0 Å². The van der Waals surface area contributed by atoms with Gasteiger partial charge in [0.05, 0.1) is 40.2 Å². The van der Waals surface area contributed by atoms with Crippen LogP contribution in [0.3, 0.4) is 0 Å². The van der Waals surface area contributed by atoms with Crippen molar-refractivity contribution < 1.29 is 10.0 Å². The number of fused-ring (bicyclic) bond motifs is 18. The van der Waals surface area contributed by atoms with Crippen LogP contribution in [0.1, 0.15) is 0 Å². The molecule has 4 aromatic heterocycles. The van der Waals surface area contributed by atoms with Crippen LogP contribution in [0.4, 0.5) is 0 Å². The summed E-state index contributed by atoms with van der Waals surface area (Å²) in [5, 5.41) is 33.6. The lowest BCUT2D eigenvalue weighted by molar-refractivity contribution is 0.426. The van der Waals surface area contributed by atoms with Gasteiger partial charge in [0.15, 0.2) is 0 Å². The van der Waals surface area contributed by atoms with Crippen molar-refractivity contribution in [2.24, 2.45) is 0 Å². The van der Waals surface area contributed by atoms with E-state index in [-0.39, 0.29) is 0 Å². The molecule has 0 radical (unpaired) electrons. The molecule has 78 heavy (non-hydrogen) atoms. The quantitative estimate of drug-likeness (QED) is 0.135. The smallest absolute Gasteiger partial charge is 0.423 e. The molecule has 368 valence electrons. The second-order valence-corrected chi connectivity index (χ2v) is 21.7. The van der Waals surface area contributed by atoms with Crippen LogP contribution in [0, 0.1) is 0 Å². The molecule has 0 atom stereocenters. The normalized spacial score (nSPS) is 11.5. The summed E-state index contributed by atoms with van der Waals surface area (Å²) < 4.78 is 5.14. The van der Waals surface area contributed by atoms with Crippen LogP contribution < -0.4 is 5.46 Å². The van der Waals surface area contributed by atoms with E-state index in [1.807, 2.05) is 60.0 Å². The van der Waals surface area contributed by atoms with Crippen molar-refractivity contribution in [2.75, 3.05) is 0 Å². The highest BCUT2D eigenvalue weighted by atomic mass is 35.5. The topological polar surface area (TPSA) is 92.0 Å². The lowest BCUT2D eigenvalue weighted by atomic mass is 9.79. The van der Waals surface area contributed by atoms with E-state index in [0.29, 0.717) is 10.6 Å². The second-order valence-electron chi connectivity index (χ2n) is 19.2. The third kappa shape index (κ3) is 8.37. The molecule has 4 heterocycles. The number of halogens is 1. The van der Waals surface area contributed by atoms with Crippen LogP contribution in [0.5, 0.6) is 0 Å². The molecule has 0 saturated carbocycles. The zero-order chi connectivity index (χ0) is 52.3. The van der Waals surface area contributed by atoms with Gasteiger partial charge in [0.2, 0.25) is 0 Å². The molecule has 12 aromatic carbocycles. The fourth-order valence-corrected chi connectivity index (χ4v) is 13.6. The first-order valence-corrected chi connectivity index (χ1v) is 27.6. The molecular weight excluding hydrogens is 1020 g/mol. The monoisotopic (exact) mass is 1060 g/mol. The fraction of sp³-hybridized carbons (Fsp3) is 0. The van der Waals surface area contributed by atoms with E-state index >= 15 is 0 Å². The van der Waals surface area contributed by atoms with Gasteiger partial charge in [0.1, 0.15) is 5.15 Å². The molecule has 0 bridgehead atoms. The highest BCUT2D eigenvalue weighted by Gasteiger charge is 2.17. The molecular formula is C68H42BClN4O2S2. The lowest BCUT2D eigenvalue weighted by Gasteiger charge is -2.11. The summed E-state index contributed by atoms with van der Waals surface area (Å²) in [6.45, 7) is 0. The van der Waals surface area contributed by atoms with Gasteiger partial charge in [-0.05, 0) is 67.5 Å². The highest BCUT2D eigenvalue weighted by molar-refractivity contribution is 7.26. The van der Waals surface area contributed by atoms with Gasteiger partial charge >= 0.3 is 7.12 Å². The third-order valence-corrected chi connectivity index (χ3v) is 17.2. The van der Waals surface area contributed by atoms with Crippen LogP contribution in [0.25, 0.3) is 139 Å². The Morgan fingerprint density at radius 3 is 1.23 bits per heavy atom. The minimum atomic E-state index is -1.44. The Bertz CT molecular complexity index is 4950. The minimum absolute atomic E-state index is 0.424. The number of aromatic nitrogens is 4. The Labute approximate surface area is 460 Å². The highest BCUT2D eigenvalue weighted by Crippen LogP contribution is 2.42. The molecule has 0 aliphatic carbocycles. The van der Waals surface area contributed by atoms with E-state index in [1.54, 1.807) is 23.6 Å². The van der Waals surface area contributed by atoms with E-state index in [4.69, 9.17) is 21.6 Å². The molecule has 0 aliphatic heterocycles. The number of thiophene rings is 2. The van der Waals surface area contributed by atoms with Crippen LogP contribution in [0.15, 0.2) is 243 Å². The van der Waals surface area contributed by atoms with Crippen LogP contribution in [0.2, 0.25) is 5.15 Å². The van der Waals surface area contributed by atoms with Gasteiger partial charge in [-0.15, -0.1) is 22.7 Å². The summed E-state index contributed by atoms with van der Waals surface area (Å²) in [5.74, 6) is 0. The lowest BCUT2D eigenvalue weighted by Crippen LogP contribution is -2.29. The van der Waals surface area contributed by atoms with E-state index in [0.717, 1.165) is 66.0 Å². The predicted octanol–water partition coefficient (Wildman–Crippen LogP) is 17.6. The van der Waals surface area contributed by atoms with E-state index in [1.165, 1.54) is 73.0 Å². The molecule has 6 nitrogen and oxygen atoms in total. The zero-order valence-electron chi connectivity index (χ0n) is 41.5. The van der Waals surface area contributed by atoms with Gasteiger partial charge in [-0.3, -0.25) is 9.97 Å². The van der Waals surface area contributed by atoms with Crippen molar-refractivity contribution in [2.45, 2.75) is 0 Å². The molecule has 0 fully saturated rings. The van der Waals surface area contributed by atoms with E-state index < -0.39 is 7.12 Å². The van der Waals surface area contributed by atoms with E-state index in [9.17, 15) is 10.0 Å². The summed E-state index contributed by atoms with van der Waals surface area (Å²) in [6, 6.07) is 79.5. The average Bonchev–Trinajstić information content (AvgIpc) is 4.21. The fourth-order valence-electron chi connectivity index (χ4n) is 11.0. The molecule has 10 heteroatoms. The first-order chi connectivity index (χ1) is 38.4. The van der Waals surface area contributed by atoms with Crippen LogP contribution >= 0.6 is 34.3 Å². The Hall–Kier alpha value is -8.93. The average molecular weight is 1060 g/mol. The van der Waals surface area contributed by atoms with Crippen molar-refractivity contribution in [1.82, 2.24) is 19.9 Å². The summed E-state index contributed by atoms with van der Waals surface area (Å²) >= 11 is 9.63. The van der Waals surface area contributed by atoms with Gasteiger partial charge in [0.25, 0.3) is 0 Å². The molecule has 0 amide bonds. The van der Waals surface area contributed by atoms with Crippen LogP contribution in [-0.4, -0.2) is 37.1 Å². The number of hydrogen-bond acceptors (Lipinski definition) is 8. The molecule has 0 saturated heterocycles. The van der Waals surface area contributed by atoms with Gasteiger partial charge in [-0.1, -0.05) is 224 Å². The van der Waals surface area contributed by atoms with Crippen molar-refractivity contribution in [3.8, 4) is 33.5 Å². The first kappa shape index (κ1) is 47.5.